The highest BCUT2D eigenvalue weighted by Crippen LogP contribution is 2.33. The number of hydrogen-bond acceptors (Lipinski definition) is 5. The Kier molecular flexibility index (Phi) is 4.75. The number of benzene rings is 1. The fraction of sp³-hybridized carbons (Fsp3) is 0.571. The smallest absolute Gasteiger partial charge is 0.242 e. The number of rotatable bonds is 3. The largest absolute Gasteiger partial charge is 0.398 e. The van der Waals surface area contributed by atoms with E-state index < -0.39 is 10.0 Å². The highest BCUT2D eigenvalue weighted by Gasteiger charge is 2.24. The van der Waals surface area contributed by atoms with Gasteiger partial charge in [-0.15, -0.1) is 0 Å². The van der Waals surface area contributed by atoms with Crippen LogP contribution in [0.4, 0.5) is 11.4 Å². The molecule has 1 aliphatic rings. The van der Waals surface area contributed by atoms with Gasteiger partial charge in [0.15, 0.2) is 0 Å². The molecule has 1 aliphatic heterocycles. The van der Waals surface area contributed by atoms with Crippen molar-refractivity contribution in [3.8, 4) is 0 Å². The first-order valence-corrected chi connectivity index (χ1v) is 9.44. The topological polar surface area (TPSA) is 75.4 Å². The van der Waals surface area contributed by atoms with Crippen LogP contribution in [0.2, 0.25) is 0 Å². The molecule has 1 fully saturated rings. The van der Waals surface area contributed by atoms with E-state index in [2.05, 4.69) is 23.5 Å². The molecule has 1 saturated heterocycles. The first-order valence-electron chi connectivity index (χ1n) is 6.97. The average molecular weight is 329 g/mol. The lowest BCUT2D eigenvalue weighted by atomic mass is 10.1. The van der Waals surface area contributed by atoms with Crippen molar-refractivity contribution in [2.24, 2.45) is 0 Å². The second-order valence-corrected chi connectivity index (χ2v) is 9.43. The van der Waals surface area contributed by atoms with Gasteiger partial charge < -0.3 is 10.6 Å². The maximum atomic E-state index is 11.8. The minimum Gasteiger partial charge on any atom is -0.398 e. The molecule has 0 radical (unpaired) electrons. The minimum atomic E-state index is -3.50. The Labute approximate surface area is 131 Å². The molecular formula is C14H23N3O2S2. The predicted molar refractivity (Wildman–Crippen MR) is 90.5 cm³/mol. The third-order valence-corrected chi connectivity index (χ3v) is 6.62. The Morgan fingerprint density at radius 1 is 1.33 bits per heavy atom. The molecule has 0 bridgehead atoms. The van der Waals surface area contributed by atoms with Crippen molar-refractivity contribution in [3.63, 3.8) is 0 Å². The van der Waals surface area contributed by atoms with Crippen LogP contribution < -0.4 is 15.4 Å². The van der Waals surface area contributed by atoms with Gasteiger partial charge in [0.2, 0.25) is 10.0 Å². The zero-order valence-electron chi connectivity index (χ0n) is 12.7. The van der Waals surface area contributed by atoms with Crippen molar-refractivity contribution in [2.75, 3.05) is 36.5 Å². The first-order chi connectivity index (χ1) is 9.75. The number of nitrogen functional groups attached to an aromatic ring is 1. The molecule has 0 unspecified atom stereocenters. The van der Waals surface area contributed by atoms with Crippen LogP contribution in [0.15, 0.2) is 23.1 Å². The maximum Gasteiger partial charge on any atom is 0.242 e. The van der Waals surface area contributed by atoms with Crippen molar-refractivity contribution in [1.82, 2.24) is 4.72 Å². The Morgan fingerprint density at radius 3 is 2.67 bits per heavy atom. The number of nitrogens with one attached hydrogen (secondary N) is 1. The second-order valence-electron chi connectivity index (χ2n) is 5.77. The Bertz CT molecular complexity index is 615. The van der Waals surface area contributed by atoms with Gasteiger partial charge in [-0.2, -0.15) is 11.8 Å². The van der Waals surface area contributed by atoms with E-state index in [1.807, 2.05) is 17.8 Å². The molecule has 21 heavy (non-hydrogen) atoms. The third-order valence-electron chi connectivity index (χ3n) is 3.75. The summed E-state index contributed by atoms with van der Waals surface area (Å²) >= 11 is 1.98. The molecule has 5 nitrogen and oxygen atoms in total. The summed E-state index contributed by atoms with van der Waals surface area (Å²) in [5.74, 6) is 1.06. The van der Waals surface area contributed by atoms with E-state index in [1.54, 1.807) is 12.1 Å². The molecule has 1 aromatic rings. The van der Waals surface area contributed by atoms with E-state index in [4.69, 9.17) is 5.73 Å². The van der Waals surface area contributed by atoms with E-state index >= 15 is 0 Å². The standard InChI is InChI=1S/C14H23N3O2S2/c1-14(2)6-7-17(8-9-20-14)11-4-5-13(12(15)10-11)21(18,19)16-3/h4-5,10,16H,6-9,15H2,1-3H3. The van der Waals surface area contributed by atoms with E-state index in [0.29, 0.717) is 0 Å². The number of nitrogens with two attached hydrogens (primary N) is 1. The maximum absolute atomic E-state index is 11.8. The van der Waals surface area contributed by atoms with E-state index in [-0.39, 0.29) is 15.3 Å². The van der Waals surface area contributed by atoms with Crippen LogP contribution in [0.1, 0.15) is 20.3 Å². The molecule has 1 heterocycles. The van der Waals surface area contributed by atoms with Crippen molar-refractivity contribution < 1.29 is 8.42 Å². The zero-order valence-corrected chi connectivity index (χ0v) is 14.4. The SMILES string of the molecule is CNS(=O)(=O)c1ccc(N2CCSC(C)(C)CC2)cc1N. The van der Waals surface area contributed by atoms with Crippen molar-refractivity contribution in [2.45, 2.75) is 29.9 Å². The molecule has 0 aromatic heterocycles. The predicted octanol–water partition coefficient (Wildman–Crippen LogP) is 1.90. The molecule has 0 amide bonds. The molecule has 1 aromatic carbocycles. The van der Waals surface area contributed by atoms with Crippen LogP contribution in [0.5, 0.6) is 0 Å². The fourth-order valence-corrected chi connectivity index (χ4v) is 4.30. The summed E-state index contributed by atoms with van der Waals surface area (Å²) < 4.78 is 26.3. The van der Waals surface area contributed by atoms with Crippen LogP contribution in [-0.4, -0.2) is 39.1 Å². The summed E-state index contributed by atoms with van der Waals surface area (Å²) in [6.07, 6.45) is 1.09. The van der Waals surface area contributed by atoms with Crippen LogP contribution in [0.25, 0.3) is 0 Å². The average Bonchev–Trinajstić information content (AvgIpc) is 2.59. The van der Waals surface area contributed by atoms with Gasteiger partial charge in [0.05, 0.1) is 5.69 Å². The number of hydrogen-bond donors (Lipinski definition) is 2. The lowest BCUT2D eigenvalue weighted by Crippen LogP contribution is -2.27. The summed E-state index contributed by atoms with van der Waals surface area (Å²) in [6.45, 7) is 6.43. The molecular weight excluding hydrogens is 306 g/mol. The van der Waals surface area contributed by atoms with Crippen LogP contribution in [0.3, 0.4) is 0 Å². The quantitative estimate of drug-likeness (QED) is 0.829. The van der Waals surface area contributed by atoms with Crippen LogP contribution in [-0.2, 0) is 10.0 Å². The Morgan fingerprint density at radius 2 is 2.05 bits per heavy atom. The Hall–Kier alpha value is -0.920. The molecule has 0 spiro atoms. The number of sulfonamides is 1. The van der Waals surface area contributed by atoms with E-state index in [9.17, 15) is 8.42 Å². The van der Waals surface area contributed by atoms with Gasteiger partial charge in [0, 0.05) is 29.3 Å². The molecule has 7 heteroatoms. The van der Waals surface area contributed by atoms with Crippen LogP contribution in [0, 0.1) is 0 Å². The molecule has 0 saturated carbocycles. The lowest BCUT2D eigenvalue weighted by molar-refractivity contribution is 0.588. The second kappa shape index (κ2) is 6.06. The van der Waals surface area contributed by atoms with Gasteiger partial charge in [0.1, 0.15) is 4.90 Å². The van der Waals surface area contributed by atoms with Crippen LogP contribution >= 0.6 is 11.8 Å². The zero-order chi connectivity index (χ0) is 15.7. The van der Waals surface area contributed by atoms with Crippen molar-refractivity contribution in [1.29, 1.82) is 0 Å². The van der Waals surface area contributed by atoms with Gasteiger partial charge in [-0.1, -0.05) is 13.8 Å². The van der Waals surface area contributed by atoms with E-state index in [1.165, 1.54) is 7.05 Å². The number of thioether (sulfide) groups is 1. The van der Waals surface area contributed by atoms with Gasteiger partial charge in [-0.3, -0.25) is 0 Å². The van der Waals surface area contributed by atoms with Gasteiger partial charge in [-0.25, -0.2) is 13.1 Å². The number of anilines is 2. The molecule has 118 valence electrons. The first kappa shape index (κ1) is 16.5. The summed E-state index contributed by atoms with van der Waals surface area (Å²) in [5, 5.41) is 0. The summed E-state index contributed by atoms with van der Waals surface area (Å²) in [7, 11) is -2.11. The van der Waals surface area contributed by atoms with Crippen molar-refractivity contribution >= 4 is 33.2 Å². The highest BCUT2D eigenvalue weighted by atomic mass is 32.2. The monoisotopic (exact) mass is 329 g/mol. The van der Waals surface area contributed by atoms with Gasteiger partial charge in [0.25, 0.3) is 0 Å². The minimum absolute atomic E-state index is 0.137. The Balaban J connectivity index is 2.24. The summed E-state index contributed by atoms with van der Waals surface area (Å²) in [5.41, 5.74) is 7.21. The third kappa shape index (κ3) is 3.84. The molecule has 2 rings (SSSR count). The van der Waals surface area contributed by atoms with Gasteiger partial charge >= 0.3 is 0 Å². The normalized spacial score (nSPS) is 19.3. The number of nitrogens with zero attached hydrogens (tertiary/aromatic N) is 1. The van der Waals surface area contributed by atoms with E-state index in [0.717, 1.165) is 31.0 Å². The molecule has 3 N–H and O–H groups in total. The molecule has 0 atom stereocenters. The summed E-state index contributed by atoms with van der Waals surface area (Å²) in [4.78, 5) is 2.41. The molecule has 0 aliphatic carbocycles. The summed E-state index contributed by atoms with van der Waals surface area (Å²) in [6, 6.07) is 5.18. The highest BCUT2D eigenvalue weighted by molar-refractivity contribution is 8.00. The van der Waals surface area contributed by atoms with Gasteiger partial charge in [-0.05, 0) is 31.7 Å². The fourth-order valence-electron chi connectivity index (χ4n) is 2.37. The van der Waals surface area contributed by atoms with Crippen molar-refractivity contribution in [3.05, 3.63) is 18.2 Å². The lowest BCUT2D eigenvalue weighted by Gasteiger charge is -2.24.